The number of amides is 1. The molecule has 3 rings (SSSR count). The summed E-state index contributed by atoms with van der Waals surface area (Å²) in [5, 5.41) is 0. The molecule has 1 aromatic carbocycles. The Hall–Kier alpha value is -2.10. The summed E-state index contributed by atoms with van der Waals surface area (Å²) < 4.78 is 5.20. The van der Waals surface area contributed by atoms with E-state index in [1.165, 1.54) is 6.08 Å². The van der Waals surface area contributed by atoms with Crippen LogP contribution in [0.1, 0.15) is 12.0 Å². The molecule has 2 aliphatic heterocycles. The number of likely N-dealkylation sites (tertiary alicyclic amines) is 1. The van der Waals surface area contributed by atoms with Crippen LogP contribution >= 0.6 is 0 Å². The highest BCUT2D eigenvalue weighted by Crippen LogP contribution is 2.38. The number of hydrogen-bond acceptors (Lipinski definition) is 3. The lowest BCUT2D eigenvalue weighted by atomic mass is 9.96. The van der Waals surface area contributed by atoms with Gasteiger partial charge in [0.25, 0.3) is 0 Å². The number of ether oxygens (including phenoxy) is 1. The van der Waals surface area contributed by atoms with E-state index >= 15 is 0 Å². The van der Waals surface area contributed by atoms with Gasteiger partial charge in [-0.2, -0.15) is 0 Å². The molecule has 0 aliphatic carbocycles. The van der Waals surface area contributed by atoms with E-state index < -0.39 is 5.72 Å². The third-order valence-electron chi connectivity index (χ3n) is 3.10. The van der Waals surface area contributed by atoms with Crippen molar-refractivity contribution in [3.05, 3.63) is 48.0 Å². The molecule has 2 heterocycles. The monoisotopic (exact) mass is 229 g/mol. The molecule has 0 N–H and O–H groups in total. The van der Waals surface area contributed by atoms with Crippen LogP contribution in [0.3, 0.4) is 0 Å². The molecule has 2 aliphatic rings. The average Bonchev–Trinajstić information content (AvgIpc) is 2.72. The van der Waals surface area contributed by atoms with Crippen LogP contribution in [-0.4, -0.2) is 22.5 Å². The van der Waals surface area contributed by atoms with Gasteiger partial charge in [-0.1, -0.05) is 30.3 Å². The molecule has 0 saturated carbocycles. The fourth-order valence-electron chi connectivity index (χ4n) is 2.20. The van der Waals surface area contributed by atoms with Crippen molar-refractivity contribution >= 4 is 11.9 Å². The number of esters is 1. The maximum Gasteiger partial charge on any atom is 0.333 e. The van der Waals surface area contributed by atoms with Crippen molar-refractivity contribution in [2.45, 2.75) is 18.7 Å². The van der Waals surface area contributed by atoms with E-state index in [0.29, 0.717) is 6.54 Å². The summed E-state index contributed by atoms with van der Waals surface area (Å²) in [6.07, 6.45) is 3.30. The lowest BCUT2D eigenvalue weighted by Gasteiger charge is -2.46. The first-order valence-electron chi connectivity index (χ1n) is 5.46. The number of rotatable bonds is 2. The first kappa shape index (κ1) is 10.1. The molecule has 1 aromatic rings. The first-order valence-corrected chi connectivity index (χ1v) is 5.46. The van der Waals surface area contributed by atoms with Gasteiger partial charge in [-0.15, -0.1) is 0 Å². The molecule has 0 radical (unpaired) electrons. The van der Waals surface area contributed by atoms with E-state index in [-0.39, 0.29) is 18.3 Å². The van der Waals surface area contributed by atoms with Crippen LogP contribution in [-0.2, 0) is 20.9 Å². The molecule has 1 saturated heterocycles. The summed E-state index contributed by atoms with van der Waals surface area (Å²) in [5.41, 5.74) is 0.209. The number of carbonyl (C=O) groups excluding carboxylic acids is 2. The van der Waals surface area contributed by atoms with Gasteiger partial charge in [-0.3, -0.25) is 9.69 Å². The van der Waals surface area contributed by atoms with Crippen molar-refractivity contribution in [2.75, 3.05) is 0 Å². The van der Waals surface area contributed by atoms with Crippen LogP contribution in [0.15, 0.2) is 42.5 Å². The van der Waals surface area contributed by atoms with Crippen molar-refractivity contribution in [2.24, 2.45) is 0 Å². The molecule has 86 valence electrons. The zero-order chi connectivity index (χ0) is 11.9. The number of carbonyl (C=O) groups is 2. The number of nitrogens with zero attached hydrogens (tertiary/aromatic N) is 1. The van der Waals surface area contributed by atoms with Crippen molar-refractivity contribution in [1.29, 1.82) is 0 Å². The Kier molecular flexibility index (Phi) is 2.04. The normalized spacial score (nSPS) is 26.2. The minimum Gasteiger partial charge on any atom is -0.431 e. The van der Waals surface area contributed by atoms with Crippen LogP contribution in [0.5, 0.6) is 0 Å². The van der Waals surface area contributed by atoms with E-state index in [4.69, 9.17) is 4.74 Å². The molecule has 1 fully saturated rings. The van der Waals surface area contributed by atoms with Crippen LogP contribution < -0.4 is 0 Å². The predicted molar refractivity (Wildman–Crippen MR) is 59.6 cm³/mol. The van der Waals surface area contributed by atoms with Crippen molar-refractivity contribution in [1.82, 2.24) is 4.90 Å². The number of benzene rings is 1. The Morgan fingerprint density at radius 3 is 2.59 bits per heavy atom. The zero-order valence-electron chi connectivity index (χ0n) is 9.13. The Morgan fingerprint density at radius 2 is 2.00 bits per heavy atom. The molecule has 0 aromatic heterocycles. The minimum absolute atomic E-state index is 0.00760. The zero-order valence-corrected chi connectivity index (χ0v) is 9.13. The topological polar surface area (TPSA) is 46.6 Å². The van der Waals surface area contributed by atoms with E-state index in [0.717, 1.165) is 5.56 Å². The molecule has 4 heteroatoms. The summed E-state index contributed by atoms with van der Waals surface area (Å²) in [4.78, 5) is 24.3. The fourth-order valence-corrected chi connectivity index (χ4v) is 2.20. The lowest BCUT2D eigenvalue weighted by Crippen LogP contribution is -2.62. The SMILES string of the molecule is O=C1C=CC2(CC(=O)N2Cc2ccccc2)O1. The molecule has 1 spiro atoms. The second-order valence-corrected chi connectivity index (χ2v) is 4.24. The highest BCUT2D eigenvalue weighted by Gasteiger charge is 2.54. The molecule has 17 heavy (non-hydrogen) atoms. The Labute approximate surface area is 98.5 Å². The second kappa shape index (κ2) is 3.45. The summed E-state index contributed by atoms with van der Waals surface area (Å²) in [6, 6.07) is 9.65. The van der Waals surface area contributed by atoms with Crippen LogP contribution in [0.4, 0.5) is 0 Å². The van der Waals surface area contributed by atoms with Crippen LogP contribution in [0.25, 0.3) is 0 Å². The molecule has 0 bridgehead atoms. The molecule has 1 amide bonds. The summed E-state index contributed by atoms with van der Waals surface area (Å²) in [7, 11) is 0. The Bertz CT molecular complexity index is 509. The first-order chi connectivity index (χ1) is 8.20. The van der Waals surface area contributed by atoms with E-state index in [9.17, 15) is 9.59 Å². The van der Waals surface area contributed by atoms with Crippen molar-refractivity contribution in [3.8, 4) is 0 Å². The molecule has 4 nitrogen and oxygen atoms in total. The quantitative estimate of drug-likeness (QED) is 0.566. The summed E-state index contributed by atoms with van der Waals surface area (Å²) in [5.74, 6) is -0.372. The van der Waals surface area contributed by atoms with E-state index in [1.807, 2.05) is 30.3 Å². The molecule has 1 unspecified atom stereocenters. The van der Waals surface area contributed by atoms with Gasteiger partial charge in [0.15, 0.2) is 0 Å². The minimum atomic E-state index is -0.815. The maximum absolute atomic E-state index is 11.6. The van der Waals surface area contributed by atoms with Crippen LogP contribution in [0.2, 0.25) is 0 Å². The van der Waals surface area contributed by atoms with Gasteiger partial charge in [0.2, 0.25) is 11.6 Å². The third-order valence-corrected chi connectivity index (χ3v) is 3.10. The largest absolute Gasteiger partial charge is 0.431 e. The highest BCUT2D eigenvalue weighted by molar-refractivity contribution is 5.92. The van der Waals surface area contributed by atoms with Gasteiger partial charge in [0, 0.05) is 12.6 Å². The highest BCUT2D eigenvalue weighted by atomic mass is 16.6. The van der Waals surface area contributed by atoms with Crippen molar-refractivity contribution < 1.29 is 14.3 Å². The third kappa shape index (κ3) is 1.53. The summed E-state index contributed by atoms with van der Waals surface area (Å²) >= 11 is 0. The van der Waals surface area contributed by atoms with Crippen LogP contribution in [0, 0.1) is 0 Å². The molecule has 1 atom stereocenters. The van der Waals surface area contributed by atoms with Gasteiger partial charge < -0.3 is 4.74 Å². The van der Waals surface area contributed by atoms with Gasteiger partial charge in [0.05, 0.1) is 6.42 Å². The smallest absolute Gasteiger partial charge is 0.333 e. The molecular weight excluding hydrogens is 218 g/mol. The average molecular weight is 229 g/mol. The number of β-lactam (4-membered cyclic amide) rings is 1. The van der Waals surface area contributed by atoms with Gasteiger partial charge in [-0.05, 0) is 11.6 Å². The van der Waals surface area contributed by atoms with Crippen molar-refractivity contribution in [3.63, 3.8) is 0 Å². The van der Waals surface area contributed by atoms with Gasteiger partial charge >= 0.3 is 5.97 Å². The second-order valence-electron chi connectivity index (χ2n) is 4.24. The summed E-state index contributed by atoms with van der Waals surface area (Å²) in [6.45, 7) is 0.470. The number of hydrogen-bond donors (Lipinski definition) is 0. The standard InChI is InChI=1S/C13H11NO3/c15-11-8-13(7-6-12(16)17-13)14(11)9-10-4-2-1-3-5-10/h1-7H,8-9H2. The molecular formula is C13H11NO3. The lowest BCUT2D eigenvalue weighted by molar-refractivity contribution is -0.198. The predicted octanol–water partition coefficient (Wildman–Crippen LogP) is 1.23. The van der Waals surface area contributed by atoms with E-state index in [2.05, 4.69) is 0 Å². The maximum atomic E-state index is 11.6. The van der Waals surface area contributed by atoms with E-state index in [1.54, 1.807) is 11.0 Å². The van der Waals surface area contributed by atoms with Gasteiger partial charge in [0.1, 0.15) is 0 Å². The Balaban J connectivity index is 1.81. The Morgan fingerprint density at radius 1 is 1.24 bits per heavy atom. The fraction of sp³-hybridized carbons (Fsp3) is 0.231. The van der Waals surface area contributed by atoms with Gasteiger partial charge in [-0.25, -0.2) is 4.79 Å².